The monoisotopic (exact) mass is 417 g/mol. The second-order valence-corrected chi connectivity index (χ2v) is 8.82. The maximum absolute atomic E-state index is 12.6. The van der Waals surface area contributed by atoms with Crippen LogP contribution in [0.3, 0.4) is 0 Å². The van der Waals surface area contributed by atoms with E-state index in [1.807, 2.05) is 13.0 Å². The molecule has 0 fully saturated rings. The van der Waals surface area contributed by atoms with E-state index in [4.69, 9.17) is 0 Å². The lowest BCUT2D eigenvalue weighted by atomic mass is 10.1. The molecule has 0 spiro atoms. The highest BCUT2D eigenvalue weighted by Crippen LogP contribution is 2.20. The van der Waals surface area contributed by atoms with Crippen LogP contribution in [0.5, 0.6) is 0 Å². The van der Waals surface area contributed by atoms with Gasteiger partial charge in [0.05, 0.1) is 22.9 Å². The smallest absolute Gasteiger partial charge is 0.262 e. The highest BCUT2D eigenvalue weighted by molar-refractivity contribution is 7.99. The average molecular weight is 418 g/mol. The Morgan fingerprint density at radius 2 is 1.82 bits per heavy atom. The molecule has 0 saturated heterocycles. The number of carbonyl (C=O) groups excluding carboxylic acids is 1. The normalized spacial score (nSPS) is 11.5. The third-order valence-corrected chi connectivity index (χ3v) is 5.57. The molecule has 3 rings (SSSR count). The molecular formula is C19H19N3O4S2. The quantitative estimate of drug-likeness (QED) is 0.361. The average Bonchev–Trinajstić information content (AvgIpc) is 2.65. The number of thioether (sulfide) groups is 1. The summed E-state index contributed by atoms with van der Waals surface area (Å²) in [6, 6.07) is 13.3. The first kappa shape index (κ1) is 20.1. The second-order valence-electron chi connectivity index (χ2n) is 6.12. The number of Topliss-reactive ketones (excluding diaryl/α,β-unsaturated/α-hetero) is 1. The van der Waals surface area contributed by atoms with E-state index in [0.717, 1.165) is 6.26 Å². The summed E-state index contributed by atoms with van der Waals surface area (Å²) >= 11 is 1.21. The van der Waals surface area contributed by atoms with Gasteiger partial charge in [0.25, 0.3) is 5.56 Å². The van der Waals surface area contributed by atoms with Gasteiger partial charge in [-0.2, -0.15) is 0 Å². The molecular weight excluding hydrogens is 398 g/mol. The minimum absolute atomic E-state index is 0.115. The predicted octanol–water partition coefficient (Wildman–Crippen LogP) is 2.76. The van der Waals surface area contributed by atoms with Gasteiger partial charge >= 0.3 is 0 Å². The third-order valence-electron chi connectivity index (χ3n) is 3.99. The molecule has 0 aliphatic carbocycles. The van der Waals surface area contributed by atoms with Crippen molar-refractivity contribution in [1.82, 2.24) is 9.55 Å². The van der Waals surface area contributed by atoms with Crippen molar-refractivity contribution in [3.63, 3.8) is 0 Å². The number of anilines is 1. The Balaban J connectivity index is 1.78. The van der Waals surface area contributed by atoms with Crippen molar-refractivity contribution in [3.05, 3.63) is 64.4 Å². The van der Waals surface area contributed by atoms with Gasteiger partial charge in [0.2, 0.25) is 10.0 Å². The molecule has 3 aromatic rings. The summed E-state index contributed by atoms with van der Waals surface area (Å²) in [7, 11) is -3.37. The zero-order valence-corrected chi connectivity index (χ0v) is 17.0. The number of fused-ring (bicyclic) bond motifs is 1. The molecule has 0 saturated carbocycles. The first-order valence-electron chi connectivity index (χ1n) is 8.52. The summed E-state index contributed by atoms with van der Waals surface area (Å²) in [5, 5.41) is 1.05. The van der Waals surface area contributed by atoms with Crippen LogP contribution in [0.2, 0.25) is 0 Å². The molecule has 0 atom stereocenters. The first-order chi connectivity index (χ1) is 13.3. The Morgan fingerprint density at radius 3 is 2.46 bits per heavy atom. The molecule has 0 unspecified atom stereocenters. The van der Waals surface area contributed by atoms with Crippen molar-refractivity contribution in [2.24, 2.45) is 0 Å². The molecule has 0 amide bonds. The molecule has 0 radical (unpaired) electrons. The van der Waals surface area contributed by atoms with Crippen LogP contribution in [0, 0.1) is 0 Å². The van der Waals surface area contributed by atoms with Crippen LogP contribution in [0.1, 0.15) is 17.3 Å². The number of aromatic nitrogens is 2. The summed E-state index contributed by atoms with van der Waals surface area (Å²) < 4.78 is 26.4. The Labute approximate surface area is 166 Å². The summed E-state index contributed by atoms with van der Waals surface area (Å²) in [6.07, 6.45) is 1.06. The van der Waals surface area contributed by atoms with Crippen molar-refractivity contribution in [2.45, 2.75) is 18.6 Å². The zero-order chi connectivity index (χ0) is 20.3. The van der Waals surface area contributed by atoms with Gasteiger partial charge in [-0.25, -0.2) is 13.4 Å². The van der Waals surface area contributed by atoms with Gasteiger partial charge in [-0.3, -0.25) is 18.9 Å². The number of nitrogens with zero attached hydrogens (tertiary/aromatic N) is 2. The number of para-hydroxylation sites is 1. The lowest BCUT2D eigenvalue weighted by Crippen LogP contribution is -2.22. The van der Waals surface area contributed by atoms with E-state index >= 15 is 0 Å². The Morgan fingerprint density at radius 1 is 1.14 bits per heavy atom. The van der Waals surface area contributed by atoms with Crippen LogP contribution in [0.4, 0.5) is 5.69 Å². The van der Waals surface area contributed by atoms with Gasteiger partial charge in [0.15, 0.2) is 10.9 Å². The fourth-order valence-corrected chi connectivity index (χ4v) is 4.21. The number of hydrogen-bond donors (Lipinski definition) is 1. The van der Waals surface area contributed by atoms with Crippen LogP contribution < -0.4 is 10.3 Å². The Kier molecular flexibility index (Phi) is 5.85. The van der Waals surface area contributed by atoms with Crippen molar-refractivity contribution in [1.29, 1.82) is 0 Å². The summed E-state index contributed by atoms with van der Waals surface area (Å²) in [6.45, 7) is 2.32. The van der Waals surface area contributed by atoms with Gasteiger partial charge in [-0.15, -0.1) is 0 Å². The molecule has 2 aromatic carbocycles. The van der Waals surface area contributed by atoms with Crippen LogP contribution in [0.25, 0.3) is 10.9 Å². The van der Waals surface area contributed by atoms with Crippen LogP contribution in [-0.2, 0) is 16.6 Å². The lowest BCUT2D eigenvalue weighted by Gasteiger charge is -2.11. The summed E-state index contributed by atoms with van der Waals surface area (Å²) in [5.74, 6) is -0.0233. The van der Waals surface area contributed by atoms with Crippen LogP contribution in [-0.4, -0.2) is 35.8 Å². The minimum Gasteiger partial charge on any atom is -0.293 e. The van der Waals surface area contributed by atoms with Crippen molar-refractivity contribution in [3.8, 4) is 0 Å². The van der Waals surface area contributed by atoms with E-state index in [1.54, 1.807) is 34.9 Å². The molecule has 0 aliphatic heterocycles. The van der Waals surface area contributed by atoms with Crippen molar-refractivity contribution in [2.75, 3.05) is 16.7 Å². The van der Waals surface area contributed by atoms with E-state index in [9.17, 15) is 18.0 Å². The molecule has 7 nitrogen and oxygen atoms in total. The highest BCUT2D eigenvalue weighted by Gasteiger charge is 2.13. The molecule has 146 valence electrons. The number of hydrogen-bond acceptors (Lipinski definition) is 6. The van der Waals surface area contributed by atoms with Gasteiger partial charge < -0.3 is 0 Å². The first-order valence-corrected chi connectivity index (χ1v) is 11.4. The highest BCUT2D eigenvalue weighted by atomic mass is 32.2. The van der Waals surface area contributed by atoms with E-state index in [0.29, 0.717) is 33.9 Å². The van der Waals surface area contributed by atoms with Crippen LogP contribution in [0.15, 0.2) is 58.5 Å². The number of nitrogens with one attached hydrogen (secondary N) is 1. The SMILES string of the molecule is CCn1c(SCC(=O)c2ccc(NS(C)(=O)=O)cc2)nc2ccccc2c1=O. The second kappa shape index (κ2) is 8.15. The minimum atomic E-state index is -3.37. The molecule has 1 heterocycles. The van der Waals surface area contributed by atoms with E-state index in [1.165, 1.54) is 23.9 Å². The lowest BCUT2D eigenvalue weighted by molar-refractivity contribution is 0.102. The number of benzene rings is 2. The van der Waals surface area contributed by atoms with Crippen molar-refractivity contribution < 1.29 is 13.2 Å². The Bertz CT molecular complexity index is 1190. The van der Waals surface area contributed by atoms with Crippen LogP contribution >= 0.6 is 11.8 Å². The molecule has 0 bridgehead atoms. The number of carbonyl (C=O) groups is 1. The molecule has 1 N–H and O–H groups in total. The maximum atomic E-state index is 12.6. The topological polar surface area (TPSA) is 98.1 Å². The third kappa shape index (κ3) is 4.60. The fourth-order valence-electron chi connectivity index (χ4n) is 2.69. The standard InChI is InChI=1S/C19H19N3O4S2/c1-3-22-18(24)15-6-4-5-7-16(15)20-19(22)27-12-17(23)13-8-10-14(11-9-13)21-28(2,25)26/h4-11,21H,3,12H2,1-2H3. The summed E-state index contributed by atoms with van der Waals surface area (Å²) in [5.41, 5.74) is 1.32. The predicted molar refractivity (Wildman–Crippen MR) is 112 cm³/mol. The van der Waals surface area contributed by atoms with Gasteiger partial charge in [0.1, 0.15) is 0 Å². The number of sulfonamides is 1. The molecule has 28 heavy (non-hydrogen) atoms. The largest absolute Gasteiger partial charge is 0.293 e. The van der Waals surface area contributed by atoms with Crippen molar-refractivity contribution >= 4 is 44.2 Å². The van der Waals surface area contributed by atoms with Gasteiger partial charge in [-0.1, -0.05) is 23.9 Å². The number of ketones is 1. The van der Waals surface area contributed by atoms with E-state index in [-0.39, 0.29) is 17.1 Å². The molecule has 1 aromatic heterocycles. The Hall–Kier alpha value is -2.65. The van der Waals surface area contributed by atoms with E-state index < -0.39 is 10.0 Å². The maximum Gasteiger partial charge on any atom is 0.262 e. The van der Waals surface area contributed by atoms with E-state index in [2.05, 4.69) is 9.71 Å². The number of rotatable bonds is 7. The zero-order valence-electron chi connectivity index (χ0n) is 15.4. The molecule has 9 heteroatoms. The van der Waals surface area contributed by atoms with Gasteiger partial charge in [-0.05, 0) is 43.3 Å². The summed E-state index contributed by atoms with van der Waals surface area (Å²) in [4.78, 5) is 29.6. The fraction of sp³-hybridized carbons (Fsp3) is 0.211. The molecule has 0 aliphatic rings. The van der Waals surface area contributed by atoms with Gasteiger partial charge in [0, 0.05) is 17.8 Å².